The van der Waals surface area contributed by atoms with Crippen LogP contribution < -0.4 is 10.0 Å². The molecule has 0 bridgehead atoms. The van der Waals surface area contributed by atoms with E-state index in [-0.39, 0.29) is 11.1 Å². The van der Waals surface area contributed by atoms with Crippen LogP contribution in [-0.4, -0.2) is 37.7 Å². The lowest BCUT2D eigenvalue weighted by atomic mass is 10.2. The highest BCUT2D eigenvalue weighted by Crippen LogP contribution is 2.09. The molecule has 1 fully saturated rings. The zero-order valence-corrected chi connectivity index (χ0v) is 9.76. The van der Waals surface area contributed by atoms with Gasteiger partial charge in [0.1, 0.15) is 0 Å². The molecule has 16 heavy (non-hydrogen) atoms. The highest BCUT2D eigenvalue weighted by atomic mass is 32.2. The van der Waals surface area contributed by atoms with Crippen molar-refractivity contribution in [2.45, 2.75) is 30.3 Å². The van der Waals surface area contributed by atoms with Crippen LogP contribution in [0.4, 0.5) is 0 Å². The highest BCUT2D eigenvalue weighted by Gasteiger charge is 2.21. The summed E-state index contributed by atoms with van der Waals surface area (Å²) in [7, 11) is -3.44. The fraction of sp³-hybridized carbons (Fsp3) is 0.667. The van der Waals surface area contributed by atoms with Crippen molar-refractivity contribution in [3.8, 4) is 0 Å². The third-order valence-corrected chi connectivity index (χ3v) is 4.08. The number of sulfonamides is 1. The van der Waals surface area contributed by atoms with Crippen molar-refractivity contribution in [1.29, 1.82) is 0 Å². The van der Waals surface area contributed by atoms with Crippen molar-refractivity contribution < 1.29 is 8.42 Å². The first kappa shape index (κ1) is 11.6. The van der Waals surface area contributed by atoms with Crippen molar-refractivity contribution in [3.05, 3.63) is 12.3 Å². The summed E-state index contributed by atoms with van der Waals surface area (Å²) >= 11 is 0. The van der Waals surface area contributed by atoms with Crippen LogP contribution >= 0.6 is 0 Å². The van der Waals surface area contributed by atoms with Gasteiger partial charge in [0.15, 0.2) is 5.03 Å². The molecule has 3 N–H and O–H groups in total. The minimum atomic E-state index is -3.44. The fourth-order valence-electron chi connectivity index (χ4n) is 1.80. The smallest absolute Gasteiger partial charge is 0.257 e. The Bertz CT molecular complexity index is 407. The molecule has 2 rings (SSSR count). The molecule has 90 valence electrons. The summed E-state index contributed by atoms with van der Waals surface area (Å²) in [5.74, 6) is 0. The molecule has 2 heterocycles. The fourth-order valence-corrected chi connectivity index (χ4v) is 2.98. The zero-order valence-electron chi connectivity index (χ0n) is 8.94. The maximum absolute atomic E-state index is 11.9. The lowest BCUT2D eigenvalue weighted by molar-refractivity contribution is 0.519. The quantitative estimate of drug-likeness (QED) is 0.689. The molecule has 0 saturated carbocycles. The lowest BCUT2D eigenvalue weighted by Crippen LogP contribution is -2.40. The second-order valence-corrected chi connectivity index (χ2v) is 5.62. The number of aromatic nitrogens is 2. The van der Waals surface area contributed by atoms with E-state index in [0.717, 1.165) is 25.8 Å². The largest absolute Gasteiger partial charge is 0.315 e. The molecule has 1 aliphatic rings. The summed E-state index contributed by atoms with van der Waals surface area (Å²) in [5.41, 5.74) is 0. The molecule has 1 aromatic heterocycles. The normalized spacial score (nSPS) is 22.9. The third kappa shape index (κ3) is 2.81. The van der Waals surface area contributed by atoms with Gasteiger partial charge in [-0.1, -0.05) is 6.42 Å². The number of nitrogens with zero attached hydrogens (tertiary/aromatic N) is 1. The second kappa shape index (κ2) is 4.94. The summed E-state index contributed by atoms with van der Waals surface area (Å²) in [6.07, 6.45) is 4.45. The first-order valence-electron chi connectivity index (χ1n) is 5.41. The van der Waals surface area contributed by atoms with Gasteiger partial charge in [0.25, 0.3) is 10.0 Å². The summed E-state index contributed by atoms with van der Waals surface area (Å²) < 4.78 is 26.4. The Labute approximate surface area is 94.9 Å². The Kier molecular flexibility index (Phi) is 3.57. The van der Waals surface area contributed by atoms with Crippen LogP contribution in [0.1, 0.15) is 19.3 Å². The van der Waals surface area contributed by atoms with Crippen molar-refractivity contribution in [1.82, 2.24) is 20.2 Å². The van der Waals surface area contributed by atoms with E-state index in [9.17, 15) is 8.42 Å². The van der Waals surface area contributed by atoms with E-state index < -0.39 is 10.0 Å². The number of aromatic amines is 1. The Balaban J connectivity index is 2.03. The third-order valence-electron chi connectivity index (χ3n) is 2.63. The molecule has 0 aliphatic carbocycles. The number of hydrogen-bond acceptors (Lipinski definition) is 4. The number of hydrogen-bond donors (Lipinski definition) is 3. The van der Waals surface area contributed by atoms with Crippen LogP contribution in [0.15, 0.2) is 17.3 Å². The highest BCUT2D eigenvalue weighted by molar-refractivity contribution is 7.89. The second-order valence-electron chi connectivity index (χ2n) is 3.94. The van der Waals surface area contributed by atoms with Gasteiger partial charge in [-0.3, -0.25) is 5.10 Å². The first-order valence-corrected chi connectivity index (χ1v) is 6.89. The van der Waals surface area contributed by atoms with Crippen LogP contribution in [0.3, 0.4) is 0 Å². The van der Waals surface area contributed by atoms with E-state index in [1.807, 2.05) is 0 Å². The van der Waals surface area contributed by atoms with Crippen LogP contribution in [0.25, 0.3) is 0 Å². The summed E-state index contributed by atoms with van der Waals surface area (Å²) in [6, 6.07) is 1.42. The van der Waals surface area contributed by atoms with Gasteiger partial charge in [0.2, 0.25) is 0 Å². The minimum Gasteiger partial charge on any atom is -0.315 e. The molecule has 1 aromatic rings. The van der Waals surface area contributed by atoms with Gasteiger partial charge >= 0.3 is 0 Å². The minimum absolute atomic E-state index is 0.0317. The Morgan fingerprint density at radius 3 is 3.06 bits per heavy atom. The molecule has 0 radical (unpaired) electrons. The SMILES string of the molecule is O=S(=O)(NC1CCCCNC1)c1ccn[nH]1. The molecule has 0 aromatic carbocycles. The molecular weight excluding hydrogens is 228 g/mol. The van der Waals surface area contributed by atoms with Crippen molar-refractivity contribution in [2.24, 2.45) is 0 Å². The van der Waals surface area contributed by atoms with Gasteiger partial charge in [-0.25, -0.2) is 13.1 Å². The van der Waals surface area contributed by atoms with Crippen molar-refractivity contribution in [2.75, 3.05) is 13.1 Å². The Morgan fingerprint density at radius 2 is 2.31 bits per heavy atom. The Morgan fingerprint density at radius 1 is 1.44 bits per heavy atom. The van der Waals surface area contributed by atoms with Gasteiger partial charge < -0.3 is 5.32 Å². The van der Waals surface area contributed by atoms with E-state index in [0.29, 0.717) is 6.54 Å². The Hall–Kier alpha value is -0.920. The summed E-state index contributed by atoms with van der Waals surface area (Å²) in [6.45, 7) is 1.65. The van der Waals surface area contributed by atoms with E-state index >= 15 is 0 Å². The maximum Gasteiger partial charge on any atom is 0.257 e. The van der Waals surface area contributed by atoms with Crippen LogP contribution in [0.5, 0.6) is 0 Å². The van der Waals surface area contributed by atoms with Gasteiger partial charge in [-0.05, 0) is 25.5 Å². The number of H-pyrrole nitrogens is 1. The average Bonchev–Trinajstić information content (AvgIpc) is 2.67. The molecule has 1 atom stereocenters. The van der Waals surface area contributed by atoms with E-state index in [1.165, 1.54) is 12.3 Å². The zero-order chi connectivity index (χ0) is 11.4. The van der Waals surface area contributed by atoms with E-state index in [2.05, 4.69) is 20.2 Å². The van der Waals surface area contributed by atoms with E-state index in [1.54, 1.807) is 0 Å². The van der Waals surface area contributed by atoms with Crippen molar-refractivity contribution >= 4 is 10.0 Å². The standard InChI is InChI=1S/C9H16N4O2S/c14-16(15,9-4-6-11-12-9)13-8-3-1-2-5-10-7-8/h4,6,8,10,13H,1-3,5,7H2,(H,11,12). The molecule has 1 saturated heterocycles. The van der Waals surface area contributed by atoms with E-state index in [4.69, 9.17) is 0 Å². The number of nitrogens with one attached hydrogen (secondary N) is 3. The topological polar surface area (TPSA) is 86.9 Å². The van der Waals surface area contributed by atoms with Crippen LogP contribution in [0.2, 0.25) is 0 Å². The predicted molar refractivity (Wildman–Crippen MR) is 59.4 cm³/mol. The molecule has 7 heteroatoms. The average molecular weight is 244 g/mol. The molecule has 1 unspecified atom stereocenters. The lowest BCUT2D eigenvalue weighted by Gasteiger charge is -2.15. The summed E-state index contributed by atoms with van der Waals surface area (Å²) in [4.78, 5) is 0. The van der Waals surface area contributed by atoms with Crippen LogP contribution in [0, 0.1) is 0 Å². The van der Waals surface area contributed by atoms with Gasteiger partial charge in [-0.2, -0.15) is 5.10 Å². The van der Waals surface area contributed by atoms with Gasteiger partial charge in [0, 0.05) is 12.6 Å². The molecule has 1 aliphatic heterocycles. The first-order chi connectivity index (χ1) is 7.68. The monoisotopic (exact) mass is 244 g/mol. The molecule has 0 spiro atoms. The molecule has 6 nitrogen and oxygen atoms in total. The van der Waals surface area contributed by atoms with Crippen LogP contribution in [-0.2, 0) is 10.0 Å². The molecular formula is C9H16N4O2S. The molecule has 0 amide bonds. The van der Waals surface area contributed by atoms with Crippen molar-refractivity contribution in [3.63, 3.8) is 0 Å². The summed E-state index contributed by atoms with van der Waals surface area (Å²) in [5, 5.41) is 9.44. The maximum atomic E-state index is 11.9. The number of rotatable bonds is 3. The van der Waals surface area contributed by atoms with Gasteiger partial charge in [0.05, 0.1) is 6.20 Å². The predicted octanol–water partition coefficient (Wildman–Crippen LogP) is -0.170. The van der Waals surface area contributed by atoms with Gasteiger partial charge in [-0.15, -0.1) is 0 Å².